The van der Waals surface area contributed by atoms with Gasteiger partial charge in [-0.05, 0) is 31.9 Å². The Kier molecular flexibility index (Phi) is 2.65. The molecule has 17 heavy (non-hydrogen) atoms. The number of aromatic nitrogens is 2. The molecular weight excluding hydrogens is 214 g/mol. The van der Waals surface area contributed by atoms with Crippen LogP contribution in [0.15, 0.2) is 28.8 Å². The topological polar surface area (TPSA) is 51.0 Å². The predicted molar refractivity (Wildman–Crippen MR) is 64.3 cm³/mol. The molecule has 1 heterocycles. The van der Waals surface area contributed by atoms with Crippen LogP contribution >= 0.6 is 0 Å². The van der Waals surface area contributed by atoms with Crippen molar-refractivity contribution in [3.8, 4) is 11.5 Å². The summed E-state index contributed by atoms with van der Waals surface area (Å²) in [6, 6.07) is 8.75. The summed E-state index contributed by atoms with van der Waals surface area (Å²) >= 11 is 0. The van der Waals surface area contributed by atoms with Crippen LogP contribution < -0.4 is 5.32 Å². The predicted octanol–water partition coefficient (Wildman–Crippen LogP) is 2.30. The minimum Gasteiger partial charge on any atom is -0.334 e. The smallest absolute Gasteiger partial charge is 0.257 e. The zero-order chi connectivity index (χ0) is 11.7. The molecule has 88 valence electrons. The van der Waals surface area contributed by atoms with Gasteiger partial charge in [-0.15, -0.1) is 0 Å². The van der Waals surface area contributed by atoms with Gasteiger partial charge >= 0.3 is 0 Å². The molecule has 1 N–H and O–H groups in total. The molecule has 0 amide bonds. The molecule has 1 aliphatic rings. The van der Waals surface area contributed by atoms with Gasteiger partial charge in [0, 0.05) is 11.6 Å². The van der Waals surface area contributed by atoms with E-state index in [9.17, 15) is 0 Å². The maximum Gasteiger partial charge on any atom is 0.257 e. The van der Waals surface area contributed by atoms with Crippen LogP contribution in [0.3, 0.4) is 0 Å². The van der Waals surface area contributed by atoms with E-state index in [0.29, 0.717) is 18.5 Å². The van der Waals surface area contributed by atoms with Gasteiger partial charge in [0.1, 0.15) is 0 Å². The van der Waals surface area contributed by atoms with E-state index in [1.165, 1.54) is 18.4 Å². The minimum atomic E-state index is 0.595. The van der Waals surface area contributed by atoms with Crippen molar-refractivity contribution in [1.82, 2.24) is 15.5 Å². The highest BCUT2D eigenvalue weighted by atomic mass is 16.5. The number of hydrogen-bond donors (Lipinski definition) is 1. The third kappa shape index (κ3) is 2.53. The van der Waals surface area contributed by atoms with Gasteiger partial charge in [-0.1, -0.05) is 22.9 Å². The van der Waals surface area contributed by atoms with Crippen molar-refractivity contribution < 1.29 is 4.52 Å². The minimum absolute atomic E-state index is 0.595. The van der Waals surface area contributed by atoms with Gasteiger partial charge in [-0.2, -0.15) is 4.98 Å². The van der Waals surface area contributed by atoms with E-state index < -0.39 is 0 Å². The number of nitrogens with zero attached hydrogens (tertiary/aromatic N) is 2. The van der Waals surface area contributed by atoms with Crippen molar-refractivity contribution in [2.75, 3.05) is 0 Å². The Morgan fingerprint density at radius 1 is 1.29 bits per heavy atom. The van der Waals surface area contributed by atoms with Gasteiger partial charge in [-0.3, -0.25) is 0 Å². The molecule has 1 aromatic carbocycles. The lowest BCUT2D eigenvalue weighted by Crippen LogP contribution is -2.16. The van der Waals surface area contributed by atoms with E-state index in [-0.39, 0.29) is 0 Å². The van der Waals surface area contributed by atoms with Crippen LogP contribution in [0.1, 0.15) is 24.2 Å². The second-order valence-corrected chi connectivity index (χ2v) is 4.54. The van der Waals surface area contributed by atoms with E-state index >= 15 is 0 Å². The van der Waals surface area contributed by atoms with Crippen LogP contribution in [0.25, 0.3) is 11.5 Å². The first-order valence-corrected chi connectivity index (χ1v) is 5.94. The fourth-order valence-electron chi connectivity index (χ4n) is 1.66. The Hall–Kier alpha value is -1.68. The van der Waals surface area contributed by atoms with E-state index in [1.54, 1.807) is 0 Å². The van der Waals surface area contributed by atoms with E-state index in [0.717, 1.165) is 11.4 Å². The number of nitrogens with one attached hydrogen (secondary N) is 1. The molecule has 1 saturated carbocycles. The summed E-state index contributed by atoms with van der Waals surface area (Å²) in [6.07, 6.45) is 2.53. The van der Waals surface area contributed by atoms with Crippen molar-refractivity contribution in [2.45, 2.75) is 32.4 Å². The molecule has 0 saturated heterocycles. The Bertz CT molecular complexity index is 500. The Labute approximate surface area is 100 Å². The van der Waals surface area contributed by atoms with Crippen LogP contribution in [0.4, 0.5) is 0 Å². The summed E-state index contributed by atoms with van der Waals surface area (Å²) in [5, 5.41) is 7.33. The largest absolute Gasteiger partial charge is 0.334 e. The second kappa shape index (κ2) is 4.30. The molecule has 4 nitrogen and oxygen atoms in total. The van der Waals surface area contributed by atoms with Crippen molar-refractivity contribution in [3.63, 3.8) is 0 Å². The maximum atomic E-state index is 5.24. The Morgan fingerprint density at radius 3 is 2.76 bits per heavy atom. The quantitative estimate of drug-likeness (QED) is 0.874. The standard InChI is InChI=1S/C13H15N3O/c1-9-2-4-10(5-3-9)13-15-12(16-17-13)8-14-11-6-7-11/h2-5,11,14H,6-8H2,1H3. The first-order chi connectivity index (χ1) is 8.31. The van der Waals surface area contributed by atoms with Crippen molar-refractivity contribution in [2.24, 2.45) is 0 Å². The number of aryl methyl sites for hydroxylation is 1. The first kappa shape index (κ1) is 10.5. The van der Waals surface area contributed by atoms with Crippen LogP contribution in [0, 0.1) is 6.92 Å². The van der Waals surface area contributed by atoms with Gasteiger partial charge in [-0.25, -0.2) is 0 Å². The summed E-state index contributed by atoms with van der Waals surface area (Å²) in [5.74, 6) is 1.32. The average Bonchev–Trinajstić information content (AvgIpc) is 3.06. The number of benzene rings is 1. The van der Waals surface area contributed by atoms with Crippen molar-refractivity contribution in [1.29, 1.82) is 0 Å². The molecule has 0 bridgehead atoms. The normalized spacial score (nSPS) is 15.1. The summed E-state index contributed by atoms with van der Waals surface area (Å²) in [6.45, 7) is 2.75. The molecule has 1 fully saturated rings. The zero-order valence-corrected chi connectivity index (χ0v) is 9.81. The lowest BCUT2D eigenvalue weighted by Gasteiger charge is -1.95. The molecule has 1 aromatic heterocycles. The van der Waals surface area contributed by atoms with Crippen molar-refractivity contribution >= 4 is 0 Å². The van der Waals surface area contributed by atoms with Gasteiger partial charge < -0.3 is 9.84 Å². The van der Waals surface area contributed by atoms with E-state index in [4.69, 9.17) is 4.52 Å². The van der Waals surface area contributed by atoms with Gasteiger partial charge in [0.05, 0.1) is 6.54 Å². The van der Waals surface area contributed by atoms with Gasteiger partial charge in [0.2, 0.25) is 0 Å². The van der Waals surface area contributed by atoms with Crippen LogP contribution in [0.5, 0.6) is 0 Å². The monoisotopic (exact) mass is 229 g/mol. The summed E-state index contributed by atoms with van der Waals surface area (Å²) in [7, 11) is 0. The average molecular weight is 229 g/mol. The molecule has 0 spiro atoms. The molecular formula is C13H15N3O. The highest BCUT2D eigenvalue weighted by molar-refractivity contribution is 5.53. The molecule has 0 atom stereocenters. The number of rotatable bonds is 4. The summed E-state index contributed by atoms with van der Waals surface area (Å²) < 4.78 is 5.24. The molecule has 3 rings (SSSR count). The maximum absolute atomic E-state index is 5.24. The van der Waals surface area contributed by atoms with E-state index in [1.807, 2.05) is 24.3 Å². The van der Waals surface area contributed by atoms with Crippen LogP contribution in [-0.2, 0) is 6.54 Å². The van der Waals surface area contributed by atoms with Crippen LogP contribution in [-0.4, -0.2) is 16.2 Å². The fourth-order valence-corrected chi connectivity index (χ4v) is 1.66. The zero-order valence-electron chi connectivity index (χ0n) is 9.81. The summed E-state index contributed by atoms with van der Waals surface area (Å²) in [4.78, 5) is 4.37. The first-order valence-electron chi connectivity index (χ1n) is 5.94. The molecule has 0 radical (unpaired) electrons. The lowest BCUT2D eigenvalue weighted by molar-refractivity contribution is 0.419. The Morgan fingerprint density at radius 2 is 2.06 bits per heavy atom. The fraction of sp³-hybridized carbons (Fsp3) is 0.385. The van der Waals surface area contributed by atoms with E-state index in [2.05, 4.69) is 22.4 Å². The highest BCUT2D eigenvalue weighted by Gasteiger charge is 2.21. The summed E-state index contributed by atoms with van der Waals surface area (Å²) in [5.41, 5.74) is 2.20. The molecule has 1 aliphatic carbocycles. The second-order valence-electron chi connectivity index (χ2n) is 4.54. The SMILES string of the molecule is Cc1ccc(-c2nc(CNC3CC3)no2)cc1. The van der Waals surface area contributed by atoms with Crippen LogP contribution in [0.2, 0.25) is 0 Å². The molecule has 4 heteroatoms. The third-order valence-corrected chi connectivity index (χ3v) is 2.89. The van der Waals surface area contributed by atoms with Gasteiger partial charge in [0.25, 0.3) is 5.89 Å². The molecule has 2 aromatic rings. The third-order valence-electron chi connectivity index (χ3n) is 2.89. The lowest BCUT2D eigenvalue weighted by atomic mass is 10.1. The number of hydrogen-bond acceptors (Lipinski definition) is 4. The Balaban J connectivity index is 1.72. The molecule has 0 unspecified atom stereocenters. The van der Waals surface area contributed by atoms with Gasteiger partial charge in [0.15, 0.2) is 5.82 Å². The highest BCUT2D eigenvalue weighted by Crippen LogP contribution is 2.20. The molecule has 0 aliphatic heterocycles. The van der Waals surface area contributed by atoms with Crippen molar-refractivity contribution in [3.05, 3.63) is 35.7 Å².